The van der Waals surface area contributed by atoms with Crippen LogP contribution in [-0.2, 0) is 11.2 Å². The van der Waals surface area contributed by atoms with Crippen LogP contribution in [0.5, 0.6) is 5.75 Å². The summed E-state index contributed by atoms with van der Waals surface area (Å²) < 4.78 is 30.0. The first-order valence-corrected chi connectivity index (χ1v) is 3.70. The molecule has 1 aromatic rings. The number of Topliss-reactive ketones (excluding diaryl/α,β-unsaturated/α-hetero) is 1. The summed E-state index contributed by atoms with van der Waals surface area (Å²) in [5, 5.41) is 9.24. The van der Waals surface area contributed by atoms with Gasteiger partial charge >= 0.3 is 0 Å². The number of hydrogen-bond donors (Lipinski definition) is 2. The number of benzene rings is 1. The second kappa shape index (κ2) is 4.05. The molecule has 0 radical (unpaired) electrons. The molecule has 0 aromatic heterocycles. The lowest BCUT2D eigenvalue weighted by Gasteiger charge is -2.07. The molecular formula is C10H13NO2. The average Bonchev–Trinajstić information content (AvgIpc) is 2.23. The van der Waals surface area contributed by atoms with Gasteiger partial charge in [0, 0.05) is 1.37 Å². The second-order valence-corrected chi connectivity index (χ2v) is 2.58. The Kier molecular flexibility index (Phi) is 1.68. The lowest BCUT2D eigenvalue weighted by Crippen LogP contribution is -2.30. The third-order valence-corrected chi connectivity index (χ3v) is 1.48. The zero-order valence-corrected chi connectivity index (χ0v) is 7.16. The van der Waals surface area contributed by atoms with Crippen LogP contribution in [0.3, 0.4) is 0 Å². The normalized spacial score (nSPS) is 21.7. The van der Waals surface area contributed by atoms with Crippen molar-refractivity contribution in [2.75, 3.05) is 0 Å². The monoisotopic (exact) mass is 183 g/mol. The van der Waals surface area contributed by atoms with Gasteiger partial charge in [-0.1, -0.05) is 12.1 Å². The number of phenols is 1. The first-order valence-electron chi connectivity index (χ1n) is 5.78. The van der Waals surface area contributed by atoms with Crippen LogP contribution in [0.15, 0.2) is 24.2 Å². The van der Waals surface area contributed by atoms with E-state index >= 15 is 0 Å². The van der Waals surface area contributed by atoms with Gasteiger partial charge in [0.25, 0.3) is 0 Å². The summed E-state index contributed by atoms with van der Waals surface area (Å²) in [5.41, 5.74) is 5.51. The number of rotatable bonds is 3. The van der Waals surface area contributed by atoms with E-state index in [-0.39, 0.29) is 17.6 Å². The van der Waals surface area contributed by atoms with Gasteiger partial charge in [0.2, 0.25) is 0 Å². The third-order valence-electron chi connectivity index (χ3n) is 1.48. The Morgan fingerprint density at radius 2 is 2.38 bits per heavy atom. The molecule has 0 spiro atoms. The molecule has 13 heavy (non-hydrogen) atoms. The molecule has 0 saturated heterocycles. The SMILES string of the molecule is [2H]c1cc(C([2H])[C@]([2H])(N)C(C)=O)cc([2H])c1O. The number of phenolic OH excluding ortho intramolecular Hbond substituents is 1. The summed E-state index contributed by atoms with van der Waals surface area (Å²) in [5.74, 6) is -1.18. The molecule has 2 atom stereocenters. The van der Waals surface area contributed by atoms with Gasteiger partial charge in [0.15, 0.2) is 0 Å². The van der Waals surface area contributed by atoms with Gasteiger partial charge in [-0.25, -0.2) is 0 Å². The minimum Gasteiger partial charge on any atom is -0.508 e. The Morgan fingerprint density at radius 3 is 2.85 bits per heavy atom. The smallest absolute Gasteiger partial charge is 0.146 e. The predicted molar refractivity (Wildman–Crippen MR) is 50.5 cm³/mol. The Morgan fingerprint density at radius 1 is 1.85 bits per heavy atom. The molecule has 3 heteroatoms. The van der Waals surface area contributed by atoms with Gasteiger partial charge in [-0.3, -0.25) is 4.79 Å². The fraction of sp³-hybridized carbons (Fsp3) is 0.300. The van der Waals surface area contributed by atoms with Crippen LogP contribution >= 0.6 is 0 Å². The summed E-state index contributed by atoms with van der Waals surface area (Å²) >= 11 is 0. The first kappa shape index (κ1) is 5.40. The van der Waals surface area contributed by atoms with E-state index in [0.29, 0.717) is 0 Å². The van der Waals surface area contributed by atoms with Crippen molar-refractivity contribution in [1.29, 1.82) is 0 Å². The molecule has 1 unspecified atom stereocenters. The van der Waals surface area contributed by atoms with Crippen molar-refractivity contribution in [2.45, 2.75) is 19.3 Å². The third kappa shape index (κ3) is 2.87. The highest BCUT2D eigenvalue weighted by Gasteiger charge is 2.08. The lowest BCUT2D eigenvalue weighted by atomic mass is 10.0. The van der Waals surface area contributed by atoms with Crippen LogP contribution in [0.4, 0.5) is 0 Å². The molecule has 3 nitrogen and oxygen atoms in total. The van der Waals surface area contributed by atoms with Crippen molar-refractivity contribution in [3.63, 3.8) is 0 Å². The van der Waals surface area contributed by atoms with E-state index in [0.717, 1.165) is 19.1 Å². The summed E-state index contributed by atoms with van der Waals surface area (Å²) in [6.07, 6.45) is -1.41. The van der Waals surface area contributed by atoms with E-state index in [1.807, 2.05) is 0 Å². The van der Waals surface area contributed by atoms with Crippen LogP contribution in [0.25, 0.3) is 0 Å². The highest BCUT2D eigenvalue weighted by Crippen LogP contribution is 2.10. The fourth-order valence-electron chi connectivity index (χ4n) is 0.751. The topological polar surface area (TPSA) is 63.3 Å². The highest BCUT2D eigenvalue weighted by molar-refractivity contribution is 5.81. The van der Waals surface area contributed by atoms with Crippen LogP contribution in [0.1, 0.15) is 18.0 Å². The van der Waals surface area contributed by atoms with E-state index in [2.05, 4.69) is 0 Å². The van der Waals surface area contributed by atoms with Gasteiger partial charge < -0.3 is 10.8 Å². The molecule has 1 rings (SSSR count). The highest BCUT2D eigenvalue weighted by atomic mass is 16.3. The van der Waals surface area contributed by atoms with Gasteiger partial charge in [0.05, 0.1) is 10.1 Å². The predicted octanol–water partition coefficient (Wildman–Crippen LogP) is 0.851. The molecule has 0 heterocycles. The van der Waals surface area contributed by atoms with Crippen LogP contribution < -0.4 is 5.73 Å². The first-order chi connectivity index (χ1) is 7.67. The van der Waals surface area contributed by atoms with Gasteiger partial charge in [-0.05, 0) is 31.0 Å². The Labute approximate surface area is 82.8 Å². The second-order valence-electron chi connectivity index (χ2n) is 2.58. The number of carbonyl (C=O) groups excluding carboxylic acids is 1. The minimum absolute atomic E-state index is 0.0884. The van der Waals surface area contributed by atoms with Gasteiger partial charge in [-0.2, -0.15) is 0 Å². The van der Waals surface area contributed by atoms with E-state index in [1.54, 1.807) is 0 Å². The van der Waals surface area contributed by atoms with Crippen LogP contribution in [0.2, 0.25) is 0 Å². The summed E-state index contributed by atoms with van der Waals surface area (Å²) in [6.45, 7) is 1.11. The number of hydrogen-bond acceptors (Lipinski definition) is 3. The van der Waals surface area contributed by atoms with Crippen molar-refractivity contribution in [3.05, 3.63) is 29.8 Å². The van der Waals surface area contributed by atoms with E-state index in [9.17, 15) is 9.90 Å². The van der Waals surface area contributed by atoms with Crippen molar-refractivity contribution in [1.82, 2.24) is 0 Å². The molecule has 0 aliphatic heterocycles. The van der Waals surface area contributed by atoms with E-state index in [4.69, 9.17) is 11.2 Å². The van der Waals surface area contributed by atoms with Crippen molar-refractivity contribution < 1.29 is 15.4 Å². The molecule has 0 fully saturated rings. The molecule has 1 aromatic carbocycles. The zero-order valence-electron chi connectivity index (χ0n) is 11.2. The molecule has 0 amide bonds. The molecule has 3 N–H and O–H groups in total. The largest absolute Gasteiger partial charge is 0.508 e. The summed E-state index contributed by atoms with van der Waals surface area (Å²) in [6, 6.07) is -0.530. The molecule has 0 aliphatic carbocycles. The van der Waals surface area contributed by atoms with Crippen molar-refractivity contribution in [3.8, 4) is 5.75 Å². The van der Waals surface area contributed by atoms with E-state index in [1.165, 1.54) is 0 Å². The maximum atomic E-state index is 11.1. The number of aromatic hydroxyl groups is 1. The maximum Gasteiger partial charge on any atom is 0.146 e. The number of ketones is 1. The number of carbonyl (C=O) groups is 1. The quantitative estimate of drug-likeness (QED) is 0.730. The fourth-order valence-corrected chi connectivity index (χ4v) is 0.751. The number of nitrogens with two attached hydrogens (primary N) is 1. The molecule has 70 valence electrons. The summed E-state index contributed by atoms with van der Waals surface area (Å²) in [7, 11) is 0. The van der Waals surface area contributed by atoms with Crippen LogP contribution in [-0.4, -0.2) is 16.9 Å². The Hall–Kier alpha value is -1.35. The zero-order chi connectivity index (χ0) is 13.4. The maximum absolute atomic E-state index is 11.1. The molecule has 0 aliphatic rings. The lowest BCUT2D eigenvalue weighted by molar-refractivity contribution is -0.118. The average molecular weight is 183 g/mol. The minimum atomic E-state index is -2.13. The Balaban J connectivity index is 3.22. The standard InChI is InChI=1S/C10H13NO2/c1-7(12)10(11)6-8-2-4-9(13)5-3-8/h2-5,10,13H,6,11H2,1H3/t10-/m0/s1/i4D,5D,6D,10D/t6?,10-. The van der Waals surface area contributed by atoms with Crippen molar-refractivity contribution >= 4 is 5.78 Å². The Bertz CT molecular complexity index is 439. The van der Waals surface area contributed by atoms with Gasteiger partial charge in [0.1, 0.15) is 11.5 Å². The van der Waals surface area contributed by atoms with Crippen LogP contribution in [0, 0.1) is 0 Å². The molecular weight excluding hydrogens is 166 g/mol. The molecule has 0 bridgehead atoms. The van der Waals surface area contributed by atoms with Gasteiger partial charge in [-0.15, -0.1) is 0 Å². The van der Waals surface area contributed by atoms with E-state index < -0.39 is 23.9 Å². The molecule has 0 saturated carbocycles. The van der Waals surface area contributed by atoms with Crippen molar-refractivity contribution in [2.24, 2.45) is 5.73 Å². The summed E-state index contributed by atoms with van der Waals surface area (Å²) in [4.78, 5) is 11.1.